The number of benzene rings is 1. The summed E-state index contributed by atoms with van der Waals surface area (Å²) in [6.07, 6.45) is 1.60. The first-order chi connectivity index (χ1) is 12.1. The third-order valence-corrected chi connectivity index (χ3v) is 5.41. The zero-order chi connectivity index (χ0) is 17.4. The Labute approximate surface area is 147 Å². The smallest absolute Gasteiger partial charge is 0.250 e. The van der Waals surface area contributed by atoms with Gasteiger partial charge in [-0.3, -0.25) is 9.59 Å². The van der Waals surface area contributed by atoms with Gasteiger partial charge in [-0.05, 0) is 30.4 Å². The van der Waals surface area contributed by atoms with Crippen LogP contribution in [-0.4, -0.2) is 34.5 Å². The normalized spacial score (nSPS) is 23.0. The molecule has 5 nitrogen and oxygen atoms in total. The van der Waals surface area contributed by atoms with Crippen LogP contribution < -0.4 is 11.3 Å². The van der Waals surface area contributed by atoms with Crippen LogP contribution in [-0.2, 0) is 17.8 Å². The molecule has 0 spiro atoms. The van der Waals surface area contributed by atoms with Crippen LogP contribution in [0, 0.1) is 5.92 Å². The van der Waals surface area contributed by atoms with Gasteiger partial charge >= 0.3 is 0 Å². The number of likely N-dealkylation sites (tertiary alicyclic amines) is 1. The van der Waals surface area contributed by atoms with Gasteiger partial charge in [0.25, 0.3) is 5.56 Å². The van der Waals surface area contributed by atoms with Gasteiger partial charge in [-0.25, -0.2) is 0 Å². The maximum Gasteiger partial charge on any atom is 0.250 e. The Morgan fingerprint density at radius 2 is 1.88 bits per heavy atom. The highest BCUT2D eigenvalue weighted by molar-refractivity contribution is 5.82. The quantitative estimate of drug-likeness (QED) is 0.920. The van der Waals surface area contributed by atoms with Crippen molar-refractivity contribution < 1.29 is 4.79 Å². The molecule has 3 atom stereocenters. The van der Waals surface area contributed by atoms with Crippen molar-refractivity contribution in [1.82, 2.24) is 9.47 Å². The Morgan fingerprint density at radius 1 is 1.08 bits per heavy atom. The van der Waals surface area contributed by atoms with Crippen molar-refractivity contribution in [2.45, 2.75) is 31.3 Å². The summed E-state index contributed by atoms with van der Waals surface area (Å²) in [7, 11) is 0. The molecule has 1 saturated heterocycles. The van der Waals surface area contributed by atoms with E-state index in [9.17, 15) is 9.59 Å². The summed E-state index contributed by atoms with van der Waals surface area (Å²) in [5.74, 6) is 0.582. The molecule has 0 saturated carbocycles. The van der Waals surface area contributed by atoms with Crippen LogP contribution in [0.25, 0.3) is 0 Å². The molecule has 2 aliphatic heterocycles. The summed E-state index contributed by atoms with van der Waals surface area (Å²) in [5.41, 5.74) is 8.40. The first-order valence-corrected chi connectivity index (χ1v) is 8.90. The molecule has 1 aromatic carbocycles. The highest BCUT2D eigenvalue weighted by Crippen LogP contribution is 2.35. The summed E-state index contributed by atoms with van der Waals surface area (Å²) in [6.45, 7) is 2.04. The highest BCUT2D eigenvalue weighted by Gasteiger charge is 2.37. The lowest BCUT2D eigenvalue weighted by Gasteiger charge is -2.43. The van der Waals surface area contributed by atoms with E-state index in [1.165, 1.54) is 0 Å². The van der Waals surface area contributed by atoms with Gasteiger partial charge in [-0.15, -0.1) is 0 Å². The lowest BCUT2D eigenvalue weighted by atomic mass is 9.83. The van der Waals surface area contributed by atoms with Gasteiger partial charge in [0.05, 0.1) is 6.04 Å². The van der Waals surface area contributed by atoms with Crippen LogP contribution in [0.3, 0.4) is 0 Å². The molecule has 130 valence electrons. The van der Waals surface area contributed by atoms with Crippen molar-refractivity contribution in [1.29, 1.82) is 0 Å². The van der Waals surface area contributed by atoms with Crippen LogP contribution in [0.15, 0.2) is 53.3 Å². The molecule has 2 aromatic rings. The van der Waals surface area contributed by atoms with Crippen LogP contribution in [0.1, 0.15) is 23.6 Å². The summed E-state index contributed by atoms with van der Waals surface area (Å²) in [4.78, 5) is 26.8. The molecule has 5 heteroatoms. The summed E-state index contributed by atoms with van der Waals surface area (Å²) < 4.78 is 1.88. The van der Waals surface area contributed by atoms with Gasteiger partial charge in [-0.2, -0.15) is 0 Å². The number of carbonyl (C=O) groups is 1. The standard InChI is InChI=1S/C20H23N3O2/c21-17(10-14-5-2-1-3-6-14)20(25)22-11-15-9-16(13-22)18-7-4-8-19(24)23(18)12-15/h1-8,15-17H,9-13,21H2/t15-,16-,17-/m0/s1. The number of nitrogens with zero attached hydrogens (tertiary/aromatic N) is 2. The van der Waals surface area contributed by atoms with Gasteiger partial charge in [0.2, 0.25) is 5.91 Å². The van der Waals surface area contributed by atoms with Crippen molar-refractivity contribution in [3.8, 4) is 0 Å². The van der Waals surface area contributed by atoms with Crippen molar-refractivity contribution >= 4 is 5.91 Å². The van der Waals surface area contributed by atoms with E-state index in [2.05, 4.69) is 0 Å². The Morgan fingerprint density at radius 3 is 2.68 bits per heavy atom. The first-order valence-electron chi connectivity index (χ1n) is 8.90. The first kappa shape index (κ1) is 16.1. The molecule has 0 radical (unpaired) electrons. The van der Waals surface area contributed by atoms with Gasteiger partial charge in [0.15, 0.2) is 0 Å². The Kier molecular flexibility index (Phi) is 4.17. The number of amides is 1. The Balaban J connectivity index is 1.50. The third-order valence-electron chi connectivity index (χ3n) is 5.41. The fourth-order valence-corrected chi connectivity index (χ4v) is 4.27. The van der Waals surface area contributed by atoms with Gasteiger partial charge < -0.3 is 15.2 Å². The third kappa shape index (κ3) is 3.12. The Bertz CT molecular complexity index is 830. The van der Waals surface area contributed by atoms with E-state index in [-0.39, 0.29) is 17.4 Å². The number of carbonyl (C=O) groups excluding carboxylic acids is 1. The molecular weight excluding hydrogens is 314 g/mol. The van der Waals surface area contributed by atoms with Crippen LogP contribution in [0.5, 0.6) is 0 Å². The molecule has 0 aliphatic carbocycles. The highest BCUT2D eigenvalue weighted by atomic mass is 16.2. The number of hydrogen-bond acceptors (Lipinski definition) is 3. The summed E-state index contributed by atoms with van der Waals surface area (Å²) in [5, 5.41) is 0. The second-order valence-electron chi connectivity index (χ2n) is 7.24. The maximum absolute atomic E-state index is 12.8. The lowest BCUT2D eigenvalue weighted by Crippen LogP contribution is -2.53. The molecule has 2 N–H and O–H groups in total. The number of pyridine rings is 1. The summed E-state index contributed by atoms with van der Waals surface area (Å²) in [6, 6.07) is 14.8. The number of rotatable bonds is 3. The predicted octanol–water partition coefficient (Wildman–Crippen LogP) is 1.36. The fraction of sp³-hybridized carbons (Fsp3) is 0.400. The van der Waals surface area contributed by atoms with E-state index in [0.717, 1.165) is 17.7 Å². The van der Waals surface area contributed by atoms with Gasteiger partial charge in [0.1, 0.15) is 0 Å². The minimum atomic E-state index is -0.515. The van der Waals surface area contributed by atoms with E-state index in [1.54, 1.807) is 6.07 Å². The molecule has 1 amide bonds. The molecule has 1 aromatic heterocycles. The Hall–Kier alpha value is -2.40. The number of fused-ring (bicyclic) bond motifs is 4. The molecule has 2 bridgehead atoms. The van der Waals surface area contributed by atoms with Gasteiger partial charge in [-0.1, -0.05) is 36.4 Å². The second-order valence-corrected chi connectivity index (χ2v) is 7.24. The van der Waals surface area contributed by atoms with Crippen molar-refractivity contribution in [3.63, 3.8) is 0 Å². The largest absolute Gasteiger partial charge is 0.340 e. The number of nitrogens with two attached hydrogens (primary N) is 1. The monoisotopic (exact) mass is 337 g/mol. The molecular formula is C20H23N3O2. The molecule has 1 fully saturated rings. The van der Waals surface area contributed by atoms with E-state index in [4.69, 9.17) is 5.73 Å². The minimum absolute atomic E-state index is 0.0188. The summed E-state index contributed by atoms with van der Waals surface area (Å²) >= 11 is 0. The van der Waals surface area contributed by atoms with E-state index >= 15 is 0 Å². The molecule has 4 rings (SSSR count). The van der Waals surface area contributed by atoms with E-state index < -0.39 is 6.04 Å². The molecule has 25 heavy (non-hydrogen) atoms. The van der Waals surface area contributed by atoms with Crippen LogP contribution in [0.4, 0.5) is 0 Å². The number of piperidine rings is 1. The van der Waals surface area contributed by atoms with Crippen molar-refractivity contribution in [2.75, 3.05) is 13.1 Å². The van der Waals surface area contributed by atoms with Crippen molar-refractivity contribution in [2.24, 2.45) is 11.7 Å². The maximum atomic E-state index is 12.8. The van der Waals surface area contributed by atoms with E-state index in [0.29, 0.717) is 32.0 Å². The minimum Gasteiger partial charge on any atom is -0.340 e. The van der Waals surface area contributed by atoms with Crippen LogP contribution in [0.2, 0.25) is 0 Å². The van der Waals surface area contributed by atoms with Gasteiger partial charge in [0, 0.05) is 37.3 Å². The SMILES string of the molecule is N[C@@H](Cc1ccccc1)C(=O)N1C[C@@H]2C[C@@H](C1)c1cccc(=O)n1C2. The molecule has 0 unspecified atom stereocenters. The fourth-order valence-electron chi connectivity index (χ4n) is 4.27. The number of hydrogen-bond donors (Lipinski definition) is 1. The molecule has 2 aliphatic rings. The average Bonchev–Trinajstić information content (AvgIpc) is 2.63. The predicted molar refractivity (Wildman–Crippen MR) is 96.3 cm³/mol. The average molecular weight is 337 g/mol. The lowest BCUT2D eigenvalue weighted by molar-refractivity contribution is -0.135. The zero-order valence-electron chi connectivity index (χ0n) is 14.2. The van der Waals surface area contributed by atoms with Crippen molar-refractivity contribution in [3.05, 3.63) is 70.1 Å². The molecule has 3 heterocycles. The van der Waals surface area contributed by atoms with Crippen LogP contribution >= 0.6 is 0 Å². The second kappa shape index (κ2) is 6.48. The van der Waals surface area contributed by atoms with E-state index in [1.807, 2.05) is 51.9 Å². The topological polar surface area (TPSA) is 68.3 Å². The number of aromatic nitrogens is 1. The zero-order valence-corrected chi connectivity index (χ0v) is 14.2.